The van der Waals surface area contributed by atoms with Gasteiger partial charge >= 0.3 is 6.18 Å². The largest absolute Gasteiger partial charge is 0.416 e. The number of halogens is 4. The fraction of sp³-hybridized carbons (Fsp3) is 0.200. The van der Waals surface area contributed by atoms with E-state index in [1.54, 1.807) is 13.1 Å². The molecule has 2 aromatic carbocycles. The zero-order valence-electron chi connectivity index (χ0n) is 10.7. The lowest BCUT2D eigenvalue weighted by Crippen LogP contribution is -2.18. The number of hydrogen-bond acceptors (Lipinski definition) is 1. The monoisotopic (exact) mass is 391 g/mol. The molecule has 20 heavy (non-hydrogen) atoms. The van der Waals surface area contributed by atoms with Crippen LogP contribution in [0.1, 0.15) is 22.7 Å². The van der Waals surface area contributed by atoms with Crippen molar-refractivity contribution in [3.8, 4) is 0 Å². The molecule has 0 aliphatic carbocycles. The fourth-order valence-corrected chi connectivity index (χ4v) is 2.67. The highest BCUT2D eigenvalue weighted by atomic mass is 127. The molecule has 0 bridgehead atoms. The van der Waals surface area contributed by atoms with Crippen LogP contribution in [0.3, 0.4) is 0 Å². The van der Waals surface area contributed by atoms with Crippen molar-refractivity contribution < 1.29 is 13.2 Å². The van der Waals surface area contributed by atoms with Crippen LogP contribution in [0.15, 0.2) is 48.5 Å². The molecule has 5 heteroatoms. The maximum atomic E-state index is 12.8. The lowest BCUT2D eigenvalue weighted by molar-refractivity contribution is -0.137. The van der Waals surface area contributed by atoms with E-state index in [0.717, 1.165) is 15.2 Å². The van der Waals surface area contributed by atoms with Gasteiger partial charge < -0.3 is 5.32 Å². The van der Waals surface area contributed by atoms with E-state index in [4.69, 9.17) is 0 Å². The van der Waals surface area contributed by atoms with Crippen LogP contribution >= 0.6 is 22.6 Å². The zero-order valence-corrected chi connectivity index (χ0v) is 12.9. The Bertz CT molecular complexity index is 596. The molecule has 0 saturated heterocycles. The Hall–Kier alpha value is -1.08. The van der Waals surface area contributed by atoms with Crippen LogP contribution < -0.4 is 5.32 Å². The highest BCUT2D eigenvalue weighted by molar-refractivity contribution is 14.1. The summed E-state index contributed by atoms with van der Waals surface area (Å²) in [6.07, 6.45) is -4.32. The molecule has 0 radical (unpaired) electrons. The number of benzene rings is 2. The van der Waals surface area contributed by atoms with Crippen LogP contribution in [0.4, 0.5) is 13.2 Å². The summed E-state index contributed by atoms with van der Waals surface area (Å²) < 4.78 is 39.4. The molecule has 106 valence electrons. The molecule has 1 unspecified atom stereocenters. The van der Waals surface area contributed by atoms with Gasteiger partial charge in [-0.05, 0) is 65.0 Å². The summed E-state index contributed by atoms with van der Waals surface area (Å²) in [6, 6.07) is 12.9. The first-order valence-electron chi connectivity index (χ1n) is 6.01. The van der Waals surface area contributed by atoms with Crippen LogP contribution in [0.2, 0.25) is 0 Å². The van der Waals surface area contributed by atoms with Crippen LogP contribution in [0.5, 0.6) is 0 Å². The van der Waals surface area contributed by atoms with Gasteiger partial charge in [-0.15, -0.1) is 0 Å². The third-order valence-electron chi connectivity index (χ3n) is 3.02. The standard InChI is InChI=1S/C15H13F3IN/c1-20-14(11-5-3-7-13(19)9-11)10-4-2-6-12(8-10)15(16,17)18/h2-9,14,20H,1H3. The van der Waals surface area contributed by atoms with Crippen molar-refractivity contribution in [3.05, 3.63) is 68.8 Å². The van der Waals surface area contributed by atoms with Gasteiger partial charge in [0, 0.05) is 3.57 Å². The molecular formula is C15H13F3IN. The van der Waals surface area contributed by atoms with E-state index in [1.807, 2.05) is 24.3 Å². The van der Waals surface area contributed by atoms with E-state index < -0.39 is 11.7 Å². The molecule has 1 atom stereocenters. The van der Waals surface area contributed by atoms with E-state index in [1.165, 1.54) is 12.1 Å². The first-order chi connectivity index (χ1) is 9.41. The molecule has 0 aromatic heterocycles. The molecule has 0 heterocycles. The Morgan fingerprint density at radius 1 is 1.00 bits per heavy atom. The van der Waals surface area contributed by atoms with Crippen molar-refractivity contribution in [1.29, 1.82) is 0 Å². The molecule has 1 nitrogen and oxygen atoms in total. The molecule has 2 aromatic rings. The highest BCUT2D eigenvalue weighted by Crippen LogP contribution is 2.32. The molecule has 0 amide bonds. The van der Waals surface area contributed by atoms with Crippen LogP contribution in [0.25, 0.3) is 0 Å². The Labute approximate surface area is 129 Å². The van der Waals surface area contributed by atoms with E-state index in [2.05, 4.69) is 27.9 Å². The summed E-state index contributed by atoms with van der Waals surface area (Å²) >= 11 is 2.19. The van der Waals surface area contributed by atoms with Crippen molar-refractivity contribution in [2.45, 2.75) is 12.2 Å². The maximum absolute atomic E-state index is 12.8. The minimum Gasteiger partial charge on any atom is -0.309 e. The number of nitrogens with one attached hydrogen (secondary N) is 1. The van der Waals surface area contributed by atoms with Gasteiger partial charge in [-0.3, -0.25) is 0 Å². The van der Waals surface area contributed by atoms with Crippen molar-refractivity contribution >= 4 is 22.6 Å². The lowest BCUT2D eigenvalue weighted by atomic mass is 9.97. The van der Waals surface area contributed by atoms with Gasteiger partial charge in [-0.1, -0.05) is 24.3 Å². The fourth-order valence-electron chi connectivity index (χ4n) is 2.11. The quantitative estimate of drug-likeness (QED) is 0.754. The Kier molecular flexibility index (Phi) is 4.70. The second kappa shape index (κ2) is 6.13. The van der Waals surface area contributed by atoms with Crippen molar-refractivity contribution in [2.24, 2.45) is 0 Å². The number of hydrogen-bond donors (Lipinski definition) is 1. The summed E-state index contributed by atoms with van der Waals surface area (Å²) in [5.41, 5.74) is 0.920. The molecule has 0 spiro atoms. The summed E-state index contributed by atoms with van der Waals surface area (Å²) in [5.74, 6) is 0. The third kappa shape index (κ3) is 3.52. The Balaban J connectivity index is 2.42. The third-order valence-corrected chi connectivity index (χ3v) is 3.69. The SMILES string of the molecule is CNC(c1cccc(I)c1)c1cccc(C(F)(F)F)c1. The summed E-state index contributed by atoms with van der Waals surface area (Å²) in [4.78, 5) is 0. The van der Waals surface area contributed by atoms with Gasteiger partial charge in [0.2, 0.25) is 0 Å². The lowest BCUT2D eigenvalue weighted by Gasteiger charge is -2.19. The molecule has 0 aliphatic heterocycles. The van der Waals surface area contributed by atoms with E-state index >= 15 is 0 Å². The second-order valence-corrected chi connectivity index (χ2v) is 5.65. The molecule has 0 fully saturated rings. The minimum absolute atomic E-state index is 0.257. The minimum atomic E-state index is -4.32. The van der Waals surface area contributed by atoms with Crippen LogP contribution in [-0.2, 0) is 6.18 Å². The van der Waals surface area contributed by atoms with Crippen LogP contribution in [0, 0.1) is 3.57 Å². The van der Waals surface area contributed by atoms with Gasteiger partial charge in [-0.25, -0.2) is 0 Å². The maximum Gasteiger partial charge on any atom is 0.416 e. The smallest absolute Gasteiger partial charge is 0.309 e. The van der Waals surface area contributed by atoms with Gasteiger partial charge in [0.1, 0.15) is 0 Å². The van der Waals surface area contributed by atoms with Crippen LogP contribution in [-0.4, -0.2) is 7.05 Å². The molecule has 1 N–H and O–H groups in total. The highest BCUT2D eigenvalue weighted by Gasteiger charge is 2.31. The normalized spacial score (nSPS) is 13.2. The summed E-state index contributed by atoms with van der Waals surface area (Å²) in [5, 5.41) is 3.07. The van der Waals surface area contributed by atoms with Gasteiger partial charge in [0.15, 0.2) is 0 Å². The van der Waals surface area contributed by atoms with Crippen molar-refractivity contribution in [2.75, 3.05) is 7.05 Å². The summed E-state index contributed by atoms with van der Waals surface area (Å²) in [7, 11) is 1.74. The van der Waals surface area contributed by atoms with E-state index in [0.29, 0.717) is 5.56 Å². The first-order valence-corrected chi connectivity index (χ1v) is 7.09. The molecule has 0 saturated carbocycles. The molecular weight excluding hydrogens is 378 g/mol. The van der Waals surface area contributed by atoms with E-state index in [-0.39, 0.29) is 6.04 Å². The predicted octanol–water partition coefficient (Wildman–Crippen LogP) is 4.62. The number of rotatable bonds is 3. The topological polar surface area (TPSA) is 12.0 Å². The Morgan fingerprint density at radius 3 is 2.15 bits per heavy atom. The van der Waals surface area contributed by atoms with Gasteiger partial charge in [0.25, 0.3) is 0 Å². The Morgan fingerprint density at radius 2 is 1.60 bits per heavy atom. The second-order valence-electron chi connectivity index (χ2n) is 4.40. The predicted molar refractivity (Wildman–Crippen MR) is 81.5 cm³/mol. The summed E-state index contributed by atoms with van der Waals surface area (Å²) in [6.45, 7) is 0. The van der Waals surface area contributed by atoms with Gasteiger partial charge in [-0.2, -0.15) is 13.2 Å². The average Bonchev–Trinajstić information content (AvgIpc) is 2.39. The van der Waals surface area contributed by atoms with E-state index in [9.17, 15) is 13.2 Å². The zero-order chi connectivity index (χ0) is 14.8. The number of alkyl halides is 3. The first kappa shape index (κ1) is 15.3. The molecule has 0 aliphatic rings. The van der Waals surface area contributed by atoms with Crippen molar-refractivity contribution in [1.82, 2.24) is 5.32 Å². The van der Waals surface area contributed by atoms with Crippen molar-refractivity contribution in [3.63, 3.8) is 0 Å². The average molecular weight is 391 g/mol. The van der Waals surface area contributed by atoms with Gasteiger partial charge in [0.05, 0.1) is 11.6 Å². The molecule has 2 rings (SSSR count).